The molecule has 0 amide bonds. The average Bonchev–Trinajstić information content (AvgIpc) is 2.37. The fraction of sp³-hybridized carbons (Fsp3) is 0.462. The second-order valence-corrected chi connectivity index (χ2v) is 6.87. The number of sulfonamides is 1. The lowest BCUT2D eigenvalue weighted by Crippen LogP contribution is -2.34. The van der Waals surface area contributed by atoms with E-state index in [1.165, 1.54) is 24.3 Å². The van der Waals surface area contributed by atoms with Crippen molar-refractivity contribution in [3.8, 4) is 6.07 Å². The number of hydrogen-bond donors (Lipinski definition) is 2. The van der Waals surface area contributed by atoms with Crippen LogP contribution in [0, 0.1) is 16.7 Å². The summed E-state index contributed by atoms with van der Waals surface area (Å²) >= 11 is 0. The summed E-state index contributed by atoms with van der Waals surface area (Å²) in [6.45, 7) is 4.02. The van der Waals surface area contributed by atoms with E-state index in [0.717, 1.165) is 0 Å². The van der Waals surface area contributed by atoms with Crippen LogP contribution in [0.2, 0.25) is 0 Å². The number of aliphatic hydroxyl groups excluding tert-OH is 1. The maximum Gasteiger partial charge on any atom is 0.240 e. The molecule has 0 unspecified atom stereocenters. The van der Waals surface area contributed by atoms with Crippen molar-refractivity contribution in [1.29, 1.82) is 5.26 Å². The molecule has 0 aliphatic heterocycles. The van der Waals surface area contributed by atoms with Gasteiger partial charge in [0, 0.05) is 13.2 Å². The zero-order valence-electron chi connectivity index (χ0n) is 11.0. The van der Waals surface area contributed by atoms with Gasteiger partial charge >= 0.3 is 0 Å². The third-order valence-electron chi connectivity index (χ3n) is 2.82. The zero-order chi connectivity index (χ0) is 14.5. The van der Waals surface area contributed by atoms with Gasteiger partial charge in [0.2, 0.25) is 10.0 Å². The zero-order valence-corrected chi connectivity index (χ0v) is 11.9. The minimum absolute atomic E-state index is 0.0194. The fourth-order valence-corrected chi connectivity index (χ4v) is 2.72. The van der Waals surface area contributed by atoms with E-state index in [1.807, 2.05) is 19.9 Å². The van der Waals surface area contributed by atoms with Crippen LogP contribution in [0.25, 0.3) is 0 Å². The first-order valence-corrected chi connectivity index (χ1v) is 7.40. The Morgan fingerprint density at radius 1 is 1.32 bits per heavy atom. The van der Waals surface area contributed by atoms with Crippen LogP contribution in [-0.2, 0) is 10.0 Å². The molecule has 0 atom stereocenters. The van der Waals surface area contributed by atoms with Gasteiger partial charge in [-0.05, 0) is 36.1 Å². The van der Waals surface area contributed by atoms with Crippen molar-refractivity contribution in [2.45, 2.75) is 25.2 Å². The summed E-state index contributed by atoms with van der Waals surface area (Å²) in [5.41, 5.74) is 0.105. The molecule has 0 radical (unpaired) electrons. The molecule has 1 aromatic rings. The van der Waals surface area contributed by atoms with Gasteiger partial charge in [0.15, 0.2) is 0 Å². The topological polar surface area (TPSA) is 90.2 Å². The molecular formula is C13H18N2O3S. The van der Waals surface area contributed by atoms with Crippen molar-refractivity contribution in [3.05, 3.63) is 29.8 Å². The molecule has 5 nitrogen and oxygen atoms in total. The minimum atomic E-state index is -3.58. The Labute approximate surface area is 113 Å². The van der Waals surface area contributed by atoms with Gasteiger partial charge in [0.1, 0.15) is 0 Å². The van der Waals surface area contributed by atoms with Gasteiger partial charge in [-0.2, -0.15) is 5.26 Å². The number of nitrogens with one attached hydrogen (secondary N) is 1. The van der Waals surface area contributed by atoms with Crippen LogP contribution in [0.1, 0.15) is 25.8 Å². The molecule has 1 aromatic carbocycles. The van der Waals surface area contributed by atoms with E-state index >= 15 is 0 Å². The van der Waals surface area contributed by atoms with Gasteiger partial charge < -0.3 is 5.11 Å². The number of aliphatic hydroxyl groups is 1. The molecule has 1 rings (SSSR count). The van der Waals surface area contributed by atoms with Gasteiger partial charge in [-0.3, -0.25) is 0 Å². The molecule has 0 aliphatic rings. The van der Waals surface area contributed by atoms with E-state index in [4.69, 9.17) is 10.4 Å². The Balaban J connectivity index is 2.79. The van der Waals surface area contributed by atoms with E-state index in [-0.39, 0.29) is 23.5 Å². The molecule has 0 spiro atoms. The lowest BCUT2D eigenvalue weighted by atomic mass is 9.90. The molecule has 0 saturated carbocycles. The van der Waals surface area contributed by atoms with Gasteiger partial charge in [-0.25, -0.2) is 13.1 Å². The van der Waals surface area contributed by atoms with E-state index in [0.29, 0.717) is 12.0 Å². The molecule has 0 aromatic heterocycles. The van der Waals surface area contributed by atoms with Crippen LogP contribution in [-0.4, -0.2) is 26.7 Å². The smallest absolute Gasteiger partial charge is 0.240 e. The second-order valence-electron chi connectivity index (χ2n) is 5.10. The molecule has 0 fully saturated rings. The first kappa shape index (κ1) is 15.6. The molecule has 2 N–H and O–H groups in total. The molecule has 6 heteroatoms. The first-order chi connectivity index (χ1) is 8.80. The number of nitrogens with zero attached hydrogens (tertiary/aromatic N) is 1. The van der Waals surface area contributed by atoms with Crippen LogP contribution in [0.15, 0.2) is 29.2 Å². The normalized spacial score (nSPS) is 12.1. The van der Waals surface area contributed by atoms with Crippen LogP contribution < -0.4 is 4.72 Å². The van der Waals surface area contributed by atoms with E-state index in [1.54, 1.807) is 0 Å². The summed E-state index contributed by atoms with van der Waals surface area (Å²) in [5, 5.41) is 17.6. The SMILES string of the molecule is CC(C)(CCO)CNS(=O)(=O)c1ccc(C#N)cc1. The predicted molar refractivity (Wildman–Crippen MR) is 71.8 cm³/mol. The quantitative estimate of drug-likeness (QED) is 0.821. The van der Waals surface area contributed by atoms with Crippen molar-refractivity contribution in [2.75, 3.05) is 13.2 Å². The number of benzene rings is 1. The molecular weight excluding hydrogens is 264 g/mol. The molecule has 0 aliphatic carbocycles. The third-order valence-corrected chi connectivity index (χ3v) is 4.24. The summed E-state index contributed by atoms with van der Waals surface area (Å²) in [5.74, 6) is 0. The second kappa shape index (κ2) is 6.15. The van der Waals surface area contributed by atoms with Crippen molar-refractivity contribution in [2.24, 2.45) is 5.41 Å². The summed E-state index contributed by atoms with van der Waals surface area (Å²) in [7, 11) is -3.58. The highest BCUT2D eigenvalue weighted by molar-refractivity contribution is 7.89. The summed E-state index contributed by atoms with van der Waals surface area (Å²) in [6.07, 6.45) is 0.517. The van der Waals surface area contributed by atoms with Crippen LogP contribution in [0.5, 0.6) is 0 Å². The highest BCUT2D eigenvalue weighted by Gasteiger charge is 2.21. The molecule has 0 bridgehead atoms. The van der Waals surface area contributed by atoms with Crippen LogP contribution >= 0.6 is 0 Å². The highest BCUT2D eigenvalue weighted by Crippen LogP contribution is 2.19. The fourth-order valence-electron chi connectivity index (χ4n) is 1.47. The van der Waals surface area contributed by atoms with Gasteiger partial charge in [-0.15, -0.1) is 0 Å². The standard InChI is InChI=1S/C13H18N2O3S/c1-13(2,7-8-16)10-15-19(17,18)12-5-3-11(9-14)4-6-12/h3-6,15-16H,7-8,10H2,1-2H3. The maximum atomic E-state index is 12.0. The van der Waals surface area contributed by atoms with Crippen molar-refractivity contribution >= 4 is 10.0 Å². The first-order valence-electron chi connectivity index (χ1n) is 5.91. The Bertz CT molecular complexity index is 557. The molecule has 19 heavy (non-hydrogen) atoms. The van der Waals surface area contributed by atoms with E-state index in [9.17, 15) is 8.42 Å². The Morgan fingerprint density at radius 2 is 1.89 bits per heavy atom. The van der Waals surface area contributed by atoms with E-state index < -0.39 is 10.0 Å². The van der Waals surface area contributed by atoms with Gasteiger partial charge in [0.05, 0.1) is 16.5 Å². The maximum absolute atomic E-state index is 12.0. The molecule has 104 valence electrons. The minimum Gasteiger partial charge on any atom is -0.396 e. The monoisotopic (exact) mass is 282 g/mol. The lowest BCUT2D eigenvalue weighted by Gasteiger charge is -2.23. The highest BCUT2D eigenvalue weighted by atomic mass is 32.2. The summed E-state index contributed by atoms with van der Waals surface area (Å²) in [4.78, 5) is 0.131. The molecule has 0 saturated heterocycles. The van der Waals surface area contributed by atoms with Gasteiger partial charge in [-0.1, -0.05) is 13.8 Å². The van der Waals surface area contributed by atoms with Crippen molar-refractivity contribution < 1.29 is 13.5 Å². The summed E-state index contributed by atoms with van der Waals surface area (Å²) in [6, 6.07) is 7.67. The van der Waals surface area contributed by atoms with Crippen molar-refractivity contribution in [3.63, 3.8) is 0 Å². The Morgan fingerprint density at radius 3 is 2.37 bits per heavy atom. The van der Waals surface area contributed by atoms with Crippen LogP contribution in [0.3, 0.4) is 0 Å². The predicted octanol–water partition coefficient (Wildman–Crippen LogP) is 1.25. The van der Waals surface area contributed by atoms with Crippen LogP contribution in [0.4, 0.5) is 0 Å². The lowest BCUT2D eigenvalue weighted by molar-refractivity contribution is 0.213. The molecule has 0 heterocycles. The number of hydrogen-bond acceptors (Lipinski definition) is 4. The average molecular weight is 282 g/mol. The largest absolute Gasteiger partial charge is 0.396 e. The Hall–Kier alpha value is -1.42. The summed E-state index contributed by atoms with van der Waals surface area (Å²) < 4.78 is 26.6. The van der Waals surface area contributed by atoms with Gasteiger partial charge in [0.25, 0.3) is 0 Å². The number of rotatable bonds is 6. The number of nitriles is 1. The van der Waals surface area contributed by atoms with Crippen molar-refractivity contribution in [1.82, 2.24) is 4.72 Å². The third kappa shape index (κ3) is 4.63. The van der Waals surface area contributed by atoms with E-state index in [2.05, 4.69) is 4.72 Å². The Kier molecular flexibility index (Phi) is 5.06.